The number of carboxylic acids is 1. The highest BCUT2D eigenvalue weighted by Crippen LogP contribution is 2.27. The standard InChI is InChI=1S/C10H15N3O5S/c1-19(16,17)8-4-11-12-10(8)7-6-18-3-2-13(7)5-9(14)15/h4,7H,2-3,5-6H2,1H3,(H,11,12)(H,14,15)/t7-/m1/s1. The molecule has 2 rings (SSSR count). The molecule has 0 amide bonds. The predicted octanol–water partition coefficient (Wildman–Crippen LogP) is -0.729. The van der Waals surface area contributed by atoms with Crippen LogP contribution in [0.15, 0.2) is 11.1 Å². The number of H-pyrrole nitrogens is 1. The summed E-state index contributed by atoms with van der Waals surface area (Å²) in [6.07, 6.45) is 2.32. The summed E-state index contributed by atoms with van der Waals surface area (Å²) in [5.41, 5.74) is 0.378. The van der Waals surface area contributed by atoms with Crippen LogP contribution in [0.25, 0.3) is 0 Å². The molecular formula is C10H15N3O5S. The molecule has 19 heavy (non-hydrogen) atoms. The van der Waals surface area contributed by atoms with Gasteiger partial charge in [-0.15, -0.1) is 0 Å². The van der Waals surface area contributed by atoms with Gasteiger partial charge in [0.1, 0.15) is 4.90 Å². The molecule has 0 bridgehead atoms. The van der Waals surface area contributed by atoms with Gasteiger partial charge in [-0.05, 0) is 0 Å². The fraction of sp³-hybridized carbons (Fsp3) is 0.600. The van der Waals surface area contributed by atoms with E-state index in [0.29, 0.717) is 18.8 Å². The monoisotopic (exact) mass is 289 g/mol. The molecule has 1 fully saturated rings. The van der Waals surface area contributed by atoms with Gasteiger partial charge in [-0.1, -0.05) is 0 Å². The highest BCUT2D eigenvalue weighted by molar-refractivity contribution is 7.90. The molecule has 1 aliphatic heterocycles. The third-order valence-electron chi connectivity index (χ3n) is 2.94. The molecule has 2 heterocycles. The van der Waals surface area contributed by atoms with Gasteiger partial charge in [0.15, 0.2) is 9.84 Å². The number of nitrogens with zero attached hydrogens (tertiary/aromatic N) is 2. The van der Waals surface area contributed by atoms with E-state index in [1.54, 1.807) is 4.90 Å². The Kier molecular flexibility index (Phi) is 3.88. The zero-order valence-electron chi connectivity index (χ0n) is 10.4. The molecule has 1 atom stereocenters. The quantitative estimate of drug-likeness (QED) is 0.751. The summed E-state index contributed by atoms with van der Waals surface area (Å²) >= 11 is 0. The number of hydrogen-bond donors (Lipinski definition) is 2. The van der Waals surface area contributed by atoms with Gasteiger partial charge in [0.2, 0.25) is 0 Å². The predicted molar refractivity (Wildman–Crippen MR) is 64.5 cm³/mol. The summed E-state index contributed by atoms with van der Waals surface area (Å²) < 4.78 is 28.6. The van der Waals surface area contributed by atoms with Crippen molar-refractivity contribution >= 4 is 15.8 Å². The van der Waals surface area contributed by atoms with Gasteiger partial charge >= 0.3 is 5.97 Å². The van der Waals surface area contributed by atoms with Crippen LogP contribution >= 0.6 is 0 Å². The minimum absolute atomic E-state index is 0.0818. The van der Waals surface area contributed by atoms with Gasteiger partial charge in [0.05, 0.1) is 37.7 Å². The average Bonchev–Trinajstić information content (AvgIpc) is 2.77. The van der Waals surface area contributed by atoms with Crippen molar-refractivity contribution in [1.29, 1.82) is 0 Å². The lowest BCUT2D eigenvalue weighted by Gasteiger charge is -2.33. The minimum atomic E-state index is -3.41. The second kappa shape index (κ2) is 5.27. The van der Waals surface area contributed by atoms with Crippen molar-refractivity contribution in [1.82, 2.24) is 15.1 Å². The van der Waals surface area contributed by atoms with Crippen molar-refractivity contribution in [3.63, 3.8) is 0 Å². The Hall–Kier alpha value is -1.45. The number of carboxylic acid groups (broad SMARTS) is 1. The summed E-state index contributed by atoms with van der Waals surface area (Å²) in [4.78, 5) is 12.6. The molecule has 0 aromatic carbocycles. The molecule has 0 unspecified atom stereocenters. The Morgan fingerprint density at radius 2 is 2.42 bits per heavy atom. The summed E-state index contributed by atoms with van der Waals surface area (Å²) in [6, 6.07) is -0.447. The number of aromatic amines is 1. The zero-order valence-corrected chi connectivity index (χ0v) is 11.2. The van der Waals surface area contributed by atoms with Gasteiger partial charge in [-0.3, -0.25) is 14.8 Å². The summed E-state index contributed by atoms with van der Waals surface area (Å²) in [5, 5.41) is 15.3. The van der Waals surface area contributed by atoms with Crippen molar-refractivity contribution in [2.75, 3.05) is 32.6 Å². The smallest absolute Gasteiger partial charge is 0.317 e. The molecule has 1 aromatic heterocycles. The van der Waals surface area contributed by atoms with Gasteiger partial charge in [-0.25, -0.2) is 8.42 Å². The summed E-state index contributed by atoms with van der Waals surface area (Å²) in [7, 11) is -3.41. The maximum atomic E-state index is 11.7. The summed E-state index contributed by atoms with van der Waals surface area (Å²) in [6.45, 7) is 0.916. The van der Waals surface area contributed by atoms with Crippen LogP contribution in [0.3, 0.4) is 0 Å². The number of sulfone groups is 1. The minimum Gasteiger partial charge on any atom is -0.480 e. The molecule has 0 aliphatic carbocycles. The van der Waals surface area contributed by atoms with Crippen LogP contribution in [0.1, 0.15) is 11.7 Å². The molecule has 1 saturated heterocycles. The molecule has 1 aromatic rings. The van der Waals surface area contributed by atoms with Crippen LogP contribution in [0.2, 0.25) is 0 Å². The highest BCUT2D eigenvalue weighted by Gasteiger charge is 2.31. The Morgan fingerprint density at radius 1 is 1.68 bits per heavy atom. The van der Waals surface area contributed by atoms with E-state index < -0.39 is 21.8 Å². The van der Waals surface area contributed by atoms with Crippen molar-refractivity contribution in [2.45, 2.75) is 10.9 Å². The van der Waals surface area contributed by atoms with E-state index >= 15 is 0 Å². The van der Waals surface area contributed by atoms with Crippen LogP contribution in [0.4, 0.5) is 0 Å². The van der Waals surface area contributed by atoms with E-state index in [1.807, 2.05) is 0 Å². The number of rotatable bonds is 4. The normalized spacial score (nSPS) is 21.4. The highest BCUT2D eigenvalue weighted by atomic mass is 32.2. The van der Waals surface area contributed by atoms with Crippen LogP contribution in [-0.4, -0.2) is 67.1 Å². The van der Waals surface area contributed by atoms with Gasteiger partial charge < -0.3 is 9.84 Å². The molecule has 8 nitrogen and oxygen atoms in total. The average molecular weight is 289 g/mol. The number of aliphatic carboxylic acids is 1. The number of ether oxygens (including phenoxy) is 1. The number of nitrogens with one attached hydrogen (secondary N) is 1. The molecule has 0 saturated carbocycles. The number of aromatic nitrogens is 2. The molecule has 0 radical (unpaired) electrons. The molecule has 1 aliphatic rings. The van der Waals surface area contributed by atoms with Gasteiger partial charge in [0, 0.05) is 12.8 Å². The van der Waals surface area contributed by atoms with Crippen molar-refractivity contribution in [2.24, 2.45) is 0 Å². The lowest BCUT2D eigenvalue weighted by molar-refractivity contribution is -0.140. The van der Waals surface area contributed by atoms with Crippen LogP contribution in [-0.2, 0) is 19.4 Å². The van der Waals surface area contributed by atoms with E-state index in [1.165, 1.54) is 6.20 Å². The Morgan fingerprint density at radius 3 is 3.05 bits per heavy atom. The topological polar surface area (TPSA) is 113 Å². The molecular weight excluding hydrogens is 274 g/mol. The first-order valence-corrected chi connectivity index (χ1v) is 7.55. The fourth-order valence-corrected chi connectivity index (χ4v) is 2.91. The Labute approximate surface area is 110 Å². The van der Waals surface area contributed by atoms with E-state index in [-0.39, 0.29) is 18.0 Å². The van der Waals surface area contributed by atoms with E-state index in [0.717, 1.165) is 6.26 Å². The van der Waals surface area contributed by atoms with E-state index in [2.05, 4.69) is 10.2 Å². The third-order valence-corrected chi connectivity index (χ3v) is 4.07. The Balaban J connectivity index is 2.33. The van der Waals surface area contributed by atoms with Crippen molar-refractivity contribution in [3.8, 4) is 0 Å². The molecule has 2 N–H and O–H groups in total. The second-order valence-electron chi connectivity index (χ2n) is 4.38. The van der Waals surface area contributed by atoms with Crippen molar-refractivity contribution in [3.05, 3.63) is 11.9 Å². The molecule has 9 heteroatoms. The first-order valence-electron chi connectivity index (χ1n) is 5.66. The molecule has 0 spiro atoms. The number of hydrogen-bond acceptors (Lipinski definition) is 6. The SMILES string of the molecule is CS(=O)(=O)c1cn[nH]c1[C@H]1COCCN1CC(=O)O. The second-order valence-corrected chi connectivity index (χ2v) is 6.36. The lowest BCUT2D eigenvalue weighted by Crippen LogP contribution is -2.42. The van der Waals surface area contributed by atoms with Crippen LogP contribution < -0.4 is 0 Å². The maximum Gasteiger partial charge on any atom is 0.317 e. The van der Waals surface area contributed by atoms with Crippen LogP contribution in [0.5, 0.6) is 0 Å². The number of morpholine rings is 1. The lowest BCUT2D eigenvalue weighted by atomic mass is 10.1. The van der Waals surface area contributed by atoms with Gasteiger partial charge in [0.25, 0.3) is 0 Å². The third kappa shape index (κ3) is 3.11. The Bertz CT molecular complexity index is 567. The van der Waals surface area contributed by atoms with Crippen molar-refractivity contribution < 1.29 is 23.1 Å². The molecule has 106 valence electrons. The van der Waals surface area contributed by atoms with Gasteiger partial charge in [-0.2, -0.15) is 5.10 Å². The largest absolute Gasteiger partial charge is 0.480 e. The first kappa shape index (κ1) is 14.0. The van der Waals surface area contributed by atoms with E-state index in [4.69, 9.17) is 9.84 Å². The first-order chi connectivity index (χ1) is 8.89. The van der Waals surface area contributed by atoms with Crippen LogP contribution in [0, 0.1) is 0 Å². The fourth-order valence-electron chi connectivity index (χ4n) is 2.09. The zero-order chi connectivity index (χ0) is 14.0. The maximum absolute atomic E-state index is 11.7. The van der Waals surface area contributed by atoms with E-state index in [9.17, 15) is 13.2 Å². The number of carbonyl (C=O) groups is 1. The summed E-state index contributed by atoms with van der Waals surface area (Å²) in [5.74, 6) is -0.965.